The molecule has 0 aromatic rings. The summed E-state index contributed by atoms with van der Waals surface area (Å²) in [5.41, 5.74) is 1.18. The highest BCUT2D eigenvalue weighted by molar-refractivity contribution is 4.89. The molecule has 1 N–H and O–H groups in total. The van der Waals surface area contributed by atoms with Crippen molar-refractivity contribution in [3.05, 3.63) is 12.2 Å². The molecule has 0 radical (unpaired) electrons. The molecule has 0 aromatic carbocycles. The summed E-state index contributed by atoms with van der Waals surface area (Å²) in [4.78, 5) is 0. The molecule has 0 atom stereocenters. The standard InChI is InChI=1S/C5H11N.C2H6O/c1-5(2)4-6-3;1-3-2/h6H,1,4H2,2-3H3;1-2H3. The van der Waals surface area contributed by atoms with Crippen LogP contribution in [-0.2, 0) is 4.74 Å². The Bertz CT molecular complexity index is 61.9. The number of methoxy groups -OCH3 is 1. The molecule has 0 aliphatic heterocycles. The Labute approximate surface area is 57.9 Å². The first-order chi connectivity index (χ1) is 4.18. The third-order valence-electron chi connectivity index (χ3n) is 0.479. The van der Waals surface area contributed by atoms with E-state index in [4.69, 9.17) is 0 Å². The number of likely N-dealkylation sites (N-methyl/N-ethyl adjacent to an activating group) is 1. The minimum absolute atomic E-state index is 0.931. The summed E-state index contributed by atoms with van der Waals surface area (Å²) in [6.07, 6.45) is 0. The highest BCUT2D eigenvalue weighted by Crippen LogP contribution is 1.77. The second-order valence-electron chi connectivity index (χ2n) is 1.90. The van der Waals surface area contributed by atoms with E-state index in [1.807, 2.05) is 14.0 Å². The second-order valence-corrected chi connectivity index (χ2v) is 1.90. The summed E-state index contributed by atoms with van der Waals surface area (Å²) in [6.45, 7) is 6.61. The van der Waals surface area contributed by atoms with Crippen LogP contribution < -0.4 is 5.32 Å². The molecular formula is C7H17NO. The van der Waals surface area contributed by atoms with Gasteiger partial charge in [-0.05, 0) is 14.0 Å². The van der Waals surface area contributed by atoms with Crippen LogP contribution in [0.25, 0.3) is 0 Å². The fourth-order valence-electron chi connectivity index (χ4n) is 0.302. The maximum atomic E-state index is 4.25. The molecule has 0 bridgehead atoms. The molecule has 0 saturated heterocycles. The van der Waals surface area contributed by atoms with Crippen molar-refractivity contribution in [2.45, 2.75) is 6.92 Å². The van der Waals surface area contributed by atoms with Gasteiger partial charge in [0.1, 0.15) is 0 Å². The second kappa shape index (κ2) is 10.6. The van der Waals surface area contributed by atoms with Crippen LogP contribution in [0.3, 0.4) is 0 Å². The number of hydrogen-bond donors (Lipinski definition) is 1. The third kappa shape index (κ3) is 34.7. The topological polar surface area (TPSA) is 21.3 Å². The Morgan fingerprint density at radius 1 is 1.56 bits per heavy atom. The normalized spacial score (nSPS) is 7.56. The van der Waals surface area contributed by atoms with E-state index in [2.05, 4.69) is 16.6 Å². The lowest BCUT2D eigenvalue weighted by Crippen LogP contribution is -2.07. The number of hydrogen-bond acceptors (Lipinski definition) is 2. The van der Waals surface area contributed by atoms with Crippen LogP contribution in [0.1, 0.15) is 6.92 Å². The summed E-state index contributed by atoms with van der Waals surface area (Å²) in [5.74, 6) is 0. The van der Waals surface area contributed by atoms with E-state index in [1.165, 1.54) is 5.57 Å². The van der Waals surface area contributed by atoms with Gasteiger partial charge in [0.2, 0.25) is 0 Å². The molecule has 0 aromatic heterocycles. The van der Waals surface area contributed by atoms with E-state index in [0.29, 0.717) is 0 Å². The van der Waals surface area contributed by atoms with Gasteiger partial charge in [0.25, 0.3) is 0 Å². The summed E-state index contributed by atoms with van der Waals surface area (Å²) in [5, 5.41) is 2.97. The highest BCUT2D eigenvalue weighted by Gasteiger charge is 1.73. The van der Waals surface area contributed by atoms with Crippen LogP contribution in [0.5, 0.6) is 0 Å². The zero-order valence-electron chi connectivity index (χ0n) is 6.82. The van der Waals surface area contributed by atoms with Crippen LogP contribution in [0, 0.1) is 0 Å². The van der Waals surface area contributed by atoms with Crippen LogP contribution in [0.4, 0.5) is 0 Å². The fourth-order valence-corrected chi connectivity index (χ4v) is 0.302. The van der Waals surface area contributed by atoms with Crippen molar-refractivity contribution in [2.75, 3.05) is 27.8 Å². The largest absolute Gasteiger partial charge is 0.388 e. The molecule has 2 nitrogen and oxygen atoms in total. The minimum Gasteiger partial charge on any atom is -0.388 e. The summed E-state index contributed by atoms with van der Waals surface area (Å²) >= 11 is 0. The molecule has 0 unspecified atom stereocenters. The van der Waals surface area contributed by atoms with Crippen molar-refractivity contribution in [3.8, 4) is 0 Å². The lowest BCUT2D eigenvalue weighted by Gasteiger charge is -1.90. The summed E-state index contributed by atoms with van der Waals surface area (Å²) in [7, 11) is 5.16. The smallest absolute Gasteiger partial charge is 0.0351 e. The van der Waals surface area contributed by atoms with Gasteiger partial charge in [-0.1, -0.05) is 12.2 Å². The molecule has 56 valence electrons. The molecule has 0 saturated carbocycles. The first kappa shape index (κ1) is 11.5. The Morgan fingerprint density at radius 3 is 1.89 bits per heavy atom. The van der Waals surface area contributed by atoms with Crippen molar-refractivity contribution in [2.24, 2.45) is 0 Å². The lowest BCUT2D eigenvalue weighted by atomic mass is 10.4. The number of nitrogens with one attached hydrogen (secondary N) is 1. The van der Waals surface area contributed by atoms with Crippen molar-refractivity contribution in [3.63, 3.8) is 0 Å². The van der Waals surface area contributed by atoms with Gasteiger partial charge in [-0.2, -0.15) is 0 Å². The molecule has 0 aliphatic carbocycles. The van der Waals surface area contributed by atoms with Crippen LogP contribution >= 0.6 is 0 Å². The fraction of sp³-hybridized carbons (Fsp3) is 0.714. The van der Waals surface area contributed by atoms with Crippen molar-refractivity contribution < 1.29 is 4.74 Å². The Kier molecular flexibility index (Phi) is 13.5. The van der Waals surface area contributed by atoms with Crippen molar-refractivity contribution >= 4 is 0 Å². The average Bonchev–Trinajstić information content (AvgIpc) is 1.67. The predicted octanol–water partition coefficient (Wildman–Crippen LogP) is 1.04. The Morgan fingerprint density at radius 2 is 1.89 bits per heavy atom. The summed E-state index contributed by atoms with van der Waals surface area (Å²) in [6, 6.07) is 0. The molecular weight excluding hydrogens is 114 g/mol. The average molecular weight is 131 g/mol. The first-order valence-electron chi connectivity index (χ1n) is 2.88. The van der Waals surface area contributed by atoms with Gasteiger partial charge in [0.15, 0.2) is 0 Å². The van der Waals surface area contributed by atoms with Gasteiger partial charge in [0, 0.05) is 20.8 Å². The van der Waals surface area contributed by atoms with Gasteiger partial charge in [-0.15, -0.1) is 0 Å². The van der Waals surface area contributed by atoms with Crippen molar-refractivity contribution in [1.82, 2.24) is 5.32 Å². The SMILES string of the molecule is C=C(C)CNC.COC. The van der Waals surface area contributed by atoms with E-state index in [0.717, 1.165) is 6.54 Å². The molecule has 0 heterocycles. The van der Waals surface area contributed by atoms with Gasteiger partial charge in [0.05, 0.1) is 0 Å². The minimum atomic E-state index is 0.931. The molecule has 0 amide bonds. The molecule has 9 heavy (non-hydrogen) atoms. The zero-order valence-corrected chi connectivity index (χ0v) is 6.82. The molecule has 0 rings (SSSR count). The maximum absolute atomic E-state index is 4.25. The van der Waals surface area contributed by atoms with E-state index in [1.54, 1.807) is 14.2 Å². The molecule has 2 heteroatoms. The number of ether oxygens (including phenoxy) is 1. The van der Waals surface area contributed by atoms with Gasteiger partial charge >= 0.3 is 0 Å². The Balaban J connectivity index is 0. The predicted molar refractivity (Wildman–Crippen MR) is 41.7 cm³/mol. The van der Waals surface area contributed by atoms with Gasteiger partial charge < -0.3 is 10.1 Å². The van der Waals surface area contributed by atoms with E-state index >= 15 is 0 Å². The maximum Gasteiger partial charge on any atom is 0.0351 e. The van der Waals surface area contributed by atoms with E-state index in [-0.39, 0.29) is 0 Å². The van der Waals surface area contributed by atoms with Gasteiger partial charge in [-0.3, -0.25) is 0 Å². The lowest BCUT2D eigenvalue weighted by molar-refractivity contribution is 0.277. The summed E-state index contributed by atoms with van der Waals surface area (Å²) < 4.78 is 4.25. The van der Waals surface area contributed by atoms with Crippen LogP contribution in [0.2, 0.25) is 0 Å². The highest BCUT2D eigenvalue weighted by atomic mass is 16.4. The van der Waals surface area contributed by atoms with Crippen molar-refractivity contribution in [1.29, 1.82) is 0 Å². The number of rotatable bonds is 2. The quantitative estimate of drug-likeness (QED) is 0.565. The van der Waals surface area contributed by atoms with Crippen LogP contribution in [0.15, 0.2) is 12.2 Å². The first-order valence-corrected chi connectivity index (χ1v) is 2.88. The third-order valence-corrected chi connectivity index (χ3v) is 0.479. The zero-order chi connectivity index (χ0) is 7.70. The van der Waals surface area contributed by atoms with Crippen LogP contribution in [-0.4, -0.2) is 27.8 Å². The Hall–Kier alpha value is -0.340. The molecule has 0 fully saturated rings. The monoisotopic (exact) mass is 131 g/mol. The van der Waals surface area contributed by atoms with E-state index < -0.39 is 0 Å². The molecule has 0 aliphatic rings. The molecule has 0 spiro atoms. The van der Waals surface area contributed by atoms with Gasteiger partial charge in [-0.25, -0.2) is 0 Å². The van der Waals surface area contributed by atoms with E-state index in [9.17, 15) is 0 Å².